The van der Waals surface area contributed by atoms with E-state index in [1.165, 1.54) is 17.7 Å². The van der Waals surface area contributed by atoms with Gasteiger partial charge in [0.25, 0.3) is 0 Å². The molecule has 0 aliphatic rings. The molecule has 0 fully saturated rings. The number of nitrogens with one attached hydrogen (secondary N) is 2. The molecular formula is C21H27N3O3. The van der Waals surface area contributed by atoms with Gasteiger partial charge in [-0.05, 0) is 49.7 Å². The molecule has 0 aliphatic carbocycles. The second-order valence-electron chi connectivity index (χ2n) is 6.82. The number of aromatic carboxylic acids is 1. The lowest BCUT2D eigenvalue weighted by molar-refractivity contribution is 0.0697. The molecule has 2 aromatic carbocycles. The first-order valence-electron chi connectivity index (χ1n) is 8.97. The van der Waals surface area contributed by atoms with Crippen LogP contribution in [0.25, 0.3) is 0 Å². The molecule has 3 N–H and O–H groups in total. The van der Waals surface area contributed by atoms with Gasteiger partial charge in [-0.15, -0.1) is 0 Å². The summed E-state index contributed by atoms with van der Waals surface area (Å²) in [6.45, 7) is 5.91. The normalized spacial score (nSPS) is 10.9. The van der Waals surface area contributed by atoms with Gasteiger partial charge in [-0.3, -0.25) is 4.90 Å². The molecule has 2 rings (SSSR count). The number of amides is 2. The van der Waals surface area contributed by atoms with Gasteiger partial charge in [0.2, 0.25) is 0 Å². The van der Waals surface area contributed by atoms with Crippen LogP contribution < -0.4 is 10.6 Å². The molecule has 2 amide bonds. The van der Waals surface area contributed by atoms with Gasteiger partial charge in [0.05, 0.1) is 5.56 Å². The lowest BCUT2D eigenvalue weighted by atomic mass is 10.1. The highest BCUT2D eigenvalue weighted by molar-refractivity contribution is 5.87. The maximum atomic E-state index is 12.1. The quantitative estimate of drug-likeness (QED) is 0.667. The van der Waals surface area contributed by atoms with Crippen LogP contribution >= 0.6 is 0 Å². The highest BCUT2D eigenvalue weighted by atomic mass is 16.4. The van der Waals surface area contributed by atoms with E-state index in [-0.39, 0.29) is 11.6 Å². The Labute approximate surface area is 160 Å². The summed E-state index contributed by atoms with van der Waals surface area (Å²) in [5, 5.41) is 14.6. The minimum Gasteiger partial charge on any atom is -0.478 e. The third-order valence-corrected chi connectivity index (χ3v) is 4.51. The van der Waals surface area contributed by atoms with Crippen molar-refractivity contribution in [1.82, 2.24) is 15.5 Å². The summed E-state index contributed by atoms with van der Waals surface area (Å²) in [5.41, 5.74) is 3.35. The highest BCUT2D eigenvalue weighted by Crippen LogP contribution is 2.12. The van der Waals surface area contributed by atoms with Gasteiger partial charge >= 0.3 is 12.0 Å². The van der Waals surface area contributed by atoms with E-state index in [9.17, 15) is 9.59 Å². The average molecular weight is 369 g/mol. The molecule has 6 nitrogen and oxygen atoms in total. The van der Waals surface area contributed by atoms with Gasteiger partial charge < -0.3 is 15.7 Å². The number of urea groups is 1. The average Bonchev–Trinajstić information content (AvgIpc) is 2.65. The largest absolute Gasteiger partial charge is 0.478 e. The Morgan fingerprint density at radius 1 is 0.963 bits per heavy atom. The third-order valence-electron chi connectivity index (χ3n) is 4.51. The van der Waals surface area contributed by atoms with E-state index >= 15 is 0 Å². The Morgan fingerprint density at radius 2 is 1.56 bits per heavy atom. The van der Waals surface area contributed by atoms with Crippen LogP contribution in [0.4, 0.5) is 4.79 Å². The van der Waals surface area contributed by atoms with Crippen molar-refractivity contribution >= 4 is 12.0 Å². The Morgan fingerprint density at radius 3 is 2.15 bits per heavy atom. The van der Waals surface area contributed by atoms with Crippen LogP contribution in [-0.2, 0) is 19.6 Å². The predicted octanol–water partition coefficient (Wildman–Crippen LogP) is 3.22. The van der Waals surface area contributed by atoms with Crippen molar-refractivity contribution in [3.8, 4) is 0 Å². The second-order valence-corrected chi connectivity index (χ2v) is 6.82. The van der Waals surface area contributed by atoms with E-state index in [1.54, 1.807) is 12.1 Å². The Hall–Kier alpha value is -2.86. The number of benzene rings is 2. The monoisotopic (exact) mass is 369 g/mol. The highest BCUT2D eigenvalue weighted by Gasteiger charge is 2.09. The number of rotatable bonds is 8. The van der Waals surface area contributed by atoms with Gasteiger partial charge in [-0.25, -0.2) is 9.59 Å². The smallest absolute Gasteiger partial charge is 0.335 e. The summed E-state index contributed by atoms with van der Waals surface area (Å²) in [6.07, 6.45) is 0. The van der Waals surface area contributed by atoms with E-state index in [0.29, 0.717) is 19.1 Å². The summed E-state index contributed by atoms with van der Waals surface area (Å²) in [4.78, 5) is 25.2. The Bertz CT molecular complexity index is 772. The van der Waals surface area contributed by atoms with Crippen molar-refractivity contribution in [2.45, 2.75) is 39.5 Å². The number of nitrogens with zero attached hydrogens (tertiary/aromatic N) is 1. The van der Waals surface area contributed by atoms with E-state index in [2.05, 4.69) is 42.5 Å². The Kier molecular flexibility index (Phi) is 7.37. The molecule has 0 radical (unpaired) electrons. The molecule has 0 aromatic heterocycles. The summed E-state index contributed by atoms with van der Waals surface area (Å²) < 4.78 is 0. The summed E-state index contributed by atoms with van der Waals surface area (Å²) in [7, 11) is 2.08. The number of carbonyl (C=O) groups is 2. The molecule has 0 atom stereocenters. The molecule has 0 aliphatic heterocycles. The minimum absolute atomic E-state index is 0.228. The van der Waals surface area contributed by atoms with E-state index in [0.717, 1.165) is 17.7 Å². The van der Waals surface area contributed by atoms with E-state index < -0.39 is 5.97 Å². The number of hydrogen-bond acceptors (Lipinski definition) is 3. The van der Waals surface area contributed by atoms with Gasteiger partial charge in [0.15, 0.2) is 0 Å². The zero-order valence-electron chi connectivity index (χ0n) is 16.0. The zero-order chi connectivity index (χ0) is 19.8. The topological polar surface area (TPSA) is 81.7 Å². The van der Waals surface area contributed by atoms with Gasteiger partial charge in [0, 0.05) is 25.7 Å². The maximum absolute atomic E-state index is 12.1. The van der Waals surface area contributed by atoms with Crippen LogP contribution in [-0.4, -0.2) is 35.1 Å². The first-order chi connectivity index (χ1) is 12.9. The molecule has 0 heterocycles. The van der Waals surface area contributed by atoms with Crippen LogP contribution in [0.5, 0.6) is 0 Å². The number of carboxylic acids is 1. The molecule has 0 saturated heterocycles. The van der Waals surface area contributed by atoms with E-state index in [1.807, 2.05) is 18.2 Å². The fourth-order valence-electron chi connectivity index (χ4n) is 2.52. The molecule has 0 bridgehead atoms. The Balaban J connectivity index is 1.86. The molecule has 6 heteroatoms. The SMILES string of the molecule is CC(C)N(C)Cc1ccccc1CNC(=O)NCc1ccc(C(=O)O)cc1. The zero-order valence-corrected chi connectivity index (χ0v) is 16.0. The first-order valence-corrected chi connectivity index (χ1v) is 8.97. The minimum atomic E-state index is -0.964. The summed E-state index contributed by atoms with van der Waals surface area (Å²) in [5.74, 6) is -0.964. The molecule has 0 spiro atoms. The first kappa shape index (κ1) is 20.5. The standard InChI is InChI=1S/C21H27N3O3/c1-15(2)24(3)14-19-7-5-4-6-18(19)13-23-21(27)22-12-16-8-10-17(11-9-16)20(25)26/h4-11,15H,12-14H2,1-3H3,(H,25,26)(H2,22,23,27). The van der Waals surface area contributed by atoms with Crippen LogP contribution in [0.15, 0.2) is 48.5 Å². The molecule has 27 heavy (non-hydrogen) atoms. The molecular weight excluding hydrogens is 342 g/mol. The van der Waals surface area contributed by atoms with Crippen LogP contribution in [0.1, 0.15) is 40.9 Å². The van der Waals surface area contributed by atoms with Crippen LogP contribution in [0, 0.1) is 0 Å². The fraction of sp³-hybridized carbons (Fsp3) is 0.333. The summed E-state index contributed by atoms with van der Waals surface area (Å²) in [6, 6.07) is 14.7. The molecule has 2 aromatic rings. The van der Waals surface area contributed by atoms with Crippen molar-refractivity contribution in [3.05, 3.63) is 70.8 Å². The van der Waals surface area contributed by atoms with Crippen molar-refractivity contribution in [3.63, 3.8) is 0 Å². The maximum Gasteiger partial charge on any atom is 0.335 e. The lowest BCUT2D eigenvalue weighted by Crippen LogP contribution is -2.35. The van der Waals surface area contributed by atoms with Gasteiger partial charge in [0.1, 0.15) is 0 Å². The third kappa shape index (κ3) is 6.42. The van der Waals surface area contributed by atoms with E-state index in [4.69, 9.17) is 5.11 Å². The second kappa shape index (κ2) is 9.73. The van der Waals surface area contributed by atoms with Crippen molar-refractivity contribution in [2.24, 2.45) is 0 Å². The molecule has 0 unspecified atom stereocenters. The van der Waals surface area contributed by atoms with Crippen LogP contribution in [0.3, 0.4) is 0 Å². The van der Waals surface area contributed by atoms with Crippen molar-refractivity contribution in [1.29, 1.82) is 0 Å². The van der Waals surface area contributed by atoms with Crippen molar-refractivity contribution in [2.75, 3.05) is 7.05 Å². The fourth-order valence-corrected chi connectivity index (χ4v) is 2.52. The molecule has 144 valence electrons. The summed E-state index contributed by atoms with van der Waals surface area (Å²) >= 11 is 0. The van der Waals surface area contributed by atoms with Gasteiger partial charge in [-0.1, -0.05) is 36.4 Å². The predicted molar refractivity (Wildman–Crippen MR) is 106 cm³/mol. The lowest BCUT2D eigenvalue weighted by Gasteiger charge is -2.22. The van der Waals surface area contributed by atoms with Crippen LogP contribution in [0.2, 0.25) is 0 Å². The molecule has 0 saturated carbocycles. The van der Waals surface area contributed by atoms with Crippen molar-refractivity contribution < 1.29 is 14.7 Å². The number of carbonyl (C=O) groups excluding carboxylic acids is 1. The van der Waals surface area contributed by atoms with Gasteiger partial charge in [-0.2, -0.15) is 0 Å². The number of carboxylic acid groups (broad SMARTS) is 1. The number of hydrogen-bond donors (Lipinski definition) is 3.